The van der Waals surface area contributed by atoms with Crippen molar-refractivity contribution in [2.24, 2.45) is 0 Å². The largest absolute Gasteiger partial charge is 0.387 e. The summed E-state index contributed by atoms with van der Waals surface area (Å²) in [4.78, 5) is 26.1. The Morgan fingerprint density at radius 2 is 1.37 bits per heavy atom. The minimum atomic E-state index is -2.01. The summed E-state index contributed by atoms with van der Waals surface area (Å²) in [6.07, 6.45) is -5.12. The summed E-state index contributed by atoms with van der Waals surface area (Å²) in [6, 6.07) is 29.1. The number of hydrogen-bond donors (Lipinski definition) is 4. The fraction of sp³-hybridized carbons (Fsp3) is 0.241. The molecule has 9 heteroatoms. The zero-order chi connectivity index (χ0) is 26.9. The summed E-state index contributed by atoms with van der Waals surface area (Å²) in [5.41, 5.74) is -2.66. The van der Waals surface area contributed by atoms with E-state index >= 15 is 0 Å². The zero-order valence-electron chi connectivity index (χ0n) is 20.5. The first-order chi connectivity index (χ1) is 18.2. The van der Waals surface area contributed by atoms with Gasteiger partial charge in [-0.1, -0.05) is 91.0 Å². The molecule has 1 aliphatic rings. The number of aliphatic hydroxyl groups is 3. The lowest BCUT2D eigenvalue weighted by Gasteiger charge is -2.39. The Bertz CT molecular complexity index is 1390. The van der Waals surface area contributed by atoms with Gasteiger partial charge in [-0.25, -0.2) is 4.79 Å². The highest BCUT2D eigenvalue weighted by Crippen LogP contribution is 2.44. The van der Waals surface area contributed by atoms with E-state index in [0.717, 1.165) is 16.8 Å². The van der Waals surface area contributed by atoms with Gasteiger partial charge >= 0.3 is 5.69 Å². The van der Waals surface area contributed by atoms with Gasteiger partial charge in [-0.2, -0.15) is 0 Å². The molecule has 9 nitrogen and oxygen atoms in total. The number of ether oxygens (including phenoxy) is 2. The first-order valence-electron chi connectivity index (χ1n) is 12.1. The van der Waals surface area contributed by atoms with Crippen LogP contribution in [0.1, 0.15) is 29.8 Å². The van der Waals surface area contributed by atoms with Crippen molar-refractivity contribution in [3.63, 3.8) is 0 Å². The van der Waals surface area contributed by atoms with Crippen LogP contribution in [0.3, 0.4) is 0 Å². The molecule has 0 radical (unpaired) electrons. The fourth-order valence-electron chi connectivity index (χ4n) is 4.99. The molecular weight excluding hydrogens is 488 g/mol. The van der Waals surface area contributed by atoms with Crippen molar-refractivity contribution in [1.29, 1.82) is 0 Å². The summed E-state index contributed by atoms with van der Waals surface area (Å²) in [6.45, 7) is 1.28. The van der Waals surface area contributed by atoms with Gasteiger partial charge in [0.05, 0.1) is 0 Å². The van der Waals surface area contributed by atoms with Gasteiger partial charge in [0, 0.05) is 12.3 Å². The van der Waals surface area contributed by atoms with Crippen LogP contribution < -0.4 is 11.2 Å². The van der Waals surface area contributed by atoms with Crippen molar-refractivity contribution in [2.75, 3.05) is 0 Å². The van der Waals surface area contributed by atoms with Crippen LogP contribution in [-0.2, 0) is 15.1 Å². The third kappa shape index (κ3) is 4.40. The molecule has 1 saturated heterocycles. The van der Waals surface area contributed by atoms with Crippen LogP contribution in [0.4, 0.5) is 0 Å². The maximum Gasteiger partial charge on any atom is 0.330 e. The van der Waals surface area contributed by atoms with Crippen LogP contribution in [0, 0.1) is 0 Å². The molecule has 5 atom stereocenters. The lowest BCUT2D eigenvalue weighted by molar-refractivity contribution is -0.229. The van der Waals surface area contributed by atoms with E-state index in [1.165, 1.54) is 6.92 Å². The number of aliphatic hydroxyl groups excluding tert-OH is 2. The highest BCUT2D eigenvalue weighted by atomic mass is 16.7. The van der Waals surface area contributed by atoms with Gasteiger partial charge in [-0.05, 0) is 23.6 Å². The smallest absolute Gasteiger partial charge is 0.330 e. The van der Waals surface area contributed by atoms with Crippen molar-refractivity contribution in [1.82, 2.24) is 9.55 Å². The maximum absolute atomic E-state index is 12.4. The van der Waals surface area contributed by atoms with Gasteiger partial charge in [0.15, 0.2) is 12.5 Å². The number of aromatic amines is 1. The Kier molecular flexibility index (Phi) is 6.87. The Morgan fingerprint density at radius 1 is 0.895 bits per heavy atom. The molecule has 0 aliphatic carbocycles. The number of rotatable bonds is 7. The summed E-state index contributed by atoms with van der Waals surface area (Å²) in [5, 5.41) is 33.7. The highest BCUT2D eigenvalue weighted by Gasteiger charge is 2.57. The monoisotopic (exact) mass is 516 g/mol. The number of nitrogens with one attached hydrogen (secondary N) is 1. The minimum Gasteiger partial charge on any atom is -0.387 e. The molecule has 4 N–H and O–H groups in total. The Balaban J connectivity index is 1.59. The van der Waals surface area contributed by atoms with E-state index in [-0.39, 0.29) is 0 Å². The summed E-state index contributed by atoms with van der Waals surface area (Å²) in [7, 11) is 0. The number of hydrogen-bond acceptors (Lipinski definition) is 7. The lowest BCUT2D eigenvalue weighted by Crippen LogP contribution is -2.50. The van der Waals surface area contributed by atoms with E-state index in [0.29, 0.717) is 16.7 Å². The number of nitrogens with zero attached hydrogens (tertiary/aromatic N) is 1. The van der Waals surface area contributed by atoms with E-state index in [4.69, 9.17) is 9.47 Å². The van der Waals surface area contributed by atoms with Crippen molar-refractivity contribution in [2.45, 2.75) is 42.9 Å². The second-order valence-corrected chi connectivity index (χ2v) is 9.43. The standard InChI is InChI=1S/C29H28N2O7/c1-28(36)24(33)23(37-26(28)31-18-17-22(32)30-27(31)35)25(34)38-29(19-11-5-2-6-12-19,20-13-7-3-8-14-20)21-15-9-4-10-16-21/h2-18,23-26,33-34,36H,1H3,(H,30,32,35)/t23-,24+,25?,26+,28+/m0/s1. The van der Waals surface area contributed by atoms with Crippen molar-refractivity contribution in [3.05, 3.63) is 141 Å². The highest BCUT2D eigenvalue weighted by molar-refractivity contribution is 5.47. The molecule has 0 saturated carbocycles. The van der Waals surface area contributed by atoms with Crippen LogP contribution in [0.2, 0.25) is 0 Å². The van der Waals surface area contributed by atoms with Gasteiger partial charge in [0.1, 0.15) is 23.4 Å². The average molecular weight is 517 g/mol. The molecule has 3 aromatic carbocycles. The van der Waals surface area contributed by atoms with Crippen molar-refractivity contribution < 1.29 is 24.8 Å². The molecular formula is C29H28N2O7. The van der Waals surface area contributed by atoms with Crippen molar-refractivity contribution in [3.8, 4) is 0 Å². The first-order valence-corrected chi connectivity index (χ1v) is 12.1. The maximum atomic E-state index is 12.4. The molecule has 2 heterocycles. The second-order valence-electron chi connectivity index (χ2n) is 9.43. The van der Waals surface area contributed by atoms with Crippen LogP contribution in [0.15, 0.2) is 113 Å². The molecule has 0 amide bonds. The minimum absolute atomic E-state index is 0.622. The number of aromatic nitrogens is 2. The van der Waals surface area contributed by atoms with E-state index < -0.39 is 47.2 Å². The number of benzene rings is 3. The molecule has 0 spiro atoms. The van der Waals surface area contributed by atoms with Crippen LogP contribution in [0.25, 0.3) is 0 Å². The Labute approximate surface area is 218 Å². The van der Waals surface area contributed by atoms with Crippen LogP contribution in [-0.4, -0.2) is 49.0 Å². The van der Waals surface area contributed by atoms with Gasteiger partial charge in [0.25, 0.3) is 5.56 Å². The second kappa shape index (κ2) is 10.1. The molecule has 4 aromatic rings. The van der Waals surface area contributed by atoms with Crippen LogP contribution >= 0.6 is 0 Å². The quantitative estimate of drug-likeness (QED) is 0.218. The van der Waals surface area contributed by atoms with E-state index in [1.54, 1.807) is 0 Å². The van der Waals surface area contributed by atoms with E-state index in [1.807, 2.05) is 91.0 Å². The summed E-state index contributed by atoms with van der Waals surface area (Å²) < 4.78 is 13.3. The molecule has 1 fully saturated rings. The fourth-order valence-corrected chi connectivity index (χ4v) is 4.99. The molecule has 0 bridgehead atoms. The van der Waals surface area contributed by atoms with Crippen molar-refractivity contribution >= 4 is 0 Å². The lowest BCUT2D eigenvalue weighted by atomic mass is 9.80. The summed E-state index contributed by atoms with van der Waals surface area (Å²) >= 11 is 0. The normalized spacial score (nSPS) is 24.3. The predicted octanol–water partition coefficient (Wildman–Crippen LogP) is 1.87. The predicted molar refractivity (Wildman–Crippen MR) is 138 cm³/mol. The summed E-state index contributed by atoms with van der Waals surface area (Å²) in [5.74, 6) is 0. The van der Waals surface area contributed by atoms with E-state index in [9.17, 15) is 24.9 Å². The van der Waals surface area contributed by atoms with Gasteiger partial charge in [-0.3, -0.25) is 14.3 Å². The topological polar surface area (TPSA) is 134 Å². The van der Waals surface area contributed by atoms with Gasteiger partial charge in [0.2, 0.25) is 0 Å². The molecule has 1 aromatic heterocycles. The average Bonchev–Trinajstić information content (AvgIpc) is 3.17. The Hall–Kier alpha value is -3.86. The number of H-pyrrole nitrogens is 1. The Morgan fingerprint density at radius 3 is 1.82 bits per heavy atom. The third-order valence-corrected chi connectivity index (χ3v) is 6.92. The molecule has 196 valence electrons. The SMILES string of the molecule is C[C@@]1(O)[C@H](O)[C@@H](C(O)OC(c2ccccc2)(c2ccccc2)c2ccccc2)O[C@H]1n1ccc(=O)[nH]c1=O. The molecule has 38 heavy (non-hydrogen) atoms. The molecule has 1 unspecified atom stereocenters. The third-order valence-electron chi connectivity index (χ3n) is 6.92. The van der Waals surface area contributed by atoms with Crippen LogP contribution in [0.5, 0.6) is 0 Å². The van der Waals surface area contributed by atoms with E-state index in [2.05, 4.69) is 4.98 Å². The van der Waals surface area contributed by atoms with Gasteiger partial charge in [-0.15, -0.1) is 0 Å². The first kappa shape index (κ1) is 25.8. The molecule has 5 rings (SSSR count). The molecule has 1 aliphatic heterocycles. The van der Waals surface area contributed by atoms with Gasteiger partial charge < -0.3 is 24.8 Å². The zero-order valence-corrected chi connectivity index (χ0v) is 20.5.